The number of benzene rings is 1. The summed E-state index contributed by atoms with van der Waals surface area (Å²) in [5, 5.41) is 0. The lowest BCUT2D eigenvalue weighted by Gasteiger charge is -2.07. The first-order valence-corrected chi connectivity index (χ1v) is 3.43. The molecule has 1 aliphatic rings. The lowest BCUT2D eigenvalue weighted by molar-refractivity contribution is 1.00. The second-order valence-corrected chi connectivity index (χ2v) is 2.42. The molecule has 0 atom stereocenters. The molecule has 10 heavy (non-hydrogen) atoms. The summed E-state index contributed by atoms with van der Waals surface area (Å²) in [6, 6.07) is 9.13. The molecule has 1 nitrogen and oxygen atoms in total. The number of nitrogens with zero attached hydrogens (tertiary/aromatic N) is 1. The molecule has 49 valence electrons. The van der Waals surface area contributed by atoms with E-state index in [0.29, 0.717) is 0 Å². The summed E-state index contributed by atoms with van der Waals surface area (Å²) in [5.41, 5.74) is 2.72. The van der Waals surface area contributed by atoms with Crippen LogP contribution in [-0.4, -0.2) is 6.21 Å². The van der Waals surface area contributed by atoms with E-state index in [0.717, 1.165) is 13.0 Å². The second kappa shape index (κ2) is 2.25. The second-order valence-electron chi connectivity index (χ2n) is 2.42. The topological polar surface area (TPSA) is 12.4 Å². The summed E-state index contributed by atoms with van der Waals surface area (Å²) in [6.45, 7) is 0.840. The number of hydrogen-bond acceptors (Lipinski definition) is 1. The van der Waals surface area contributed by atoms with E-state index >= 15 is 0 Å². The van der Waals surface area contributed by atoms with Crippen molar-refractivity contribution in [2.75, 3.05) is 0 Å². The van der Waals surface area contributed by atoms with Crippen LogP contribution in [-0.2, 0) is 13.0 Å². The molecule has 1 heteroatoms. The van der Waals surface area contributed by atoms with Gasteiger partial charge in [-0.1, -0.05) is 12.1 Å². The van der Waals surface area contributed by atoms with Crippen LogP contribution >= 0.6 is 0 Å². The van der Waals surface area contributed by atoms with Crippen molar-refractivity contribution in [1.82, 2.24) is 0 Å². The monoisotopic (exact) mass is 130 g/mol. The Bertz CT molecular complexity index is 236. The van der Waals surface area contributed by atoms with E-state index in [-0.39, 0.29) is 0 Å². The van der Waals surface area contributed by atoms with E-state index in [9.17, 15) is 0 Å². The Morgan fingerprint density at radius 2 is 2.40 bits per heavy atom. The van der Waals surface area contributed by atoms with Crippen LogP contribution in [0.4, 0.5) is 0 Å². The zero-order valence-electron chi connectivity index (χ0n) is 5.67. The van der Waals surface area contributed by atoms with Crippen molar-refractivity contribution < 1.29 is 0 Å². The van der Waals surface area contributed by atoms with Gasteiger partial charge in [0.2, 0.25) is 0 Å². The Hall–Kier alpha value is -1.11. The first-order valence-electron chi connectivity index (χ1n) is 3.43. The van der Waals surface area contributed by atoms with Crippen LogP contribution in [0.1, 0.15) is 11.1 Å². The van der Waals surface area contributed by atoms with Gasteiger partial charge in [0.25, 0.3) is 0 Å². The average Bonchev–Trinajstić information content (AvgIpc) is 2.05. The lowest BCUT2D eigenvalue weighted by Crippen LogP contribution is -1.99. The standard InChI is InChI=1S/C9H8N/c1-2-4-9-7-10-6-5-8(9)3-1/h1,3-4,6H,5,7H2. The first kappa shape index (κ1) is 5.66. The Morgan fingerprint density at radius 1 is 1.40 bits per heavy atom. The summed E-state index contributed by atoms with van der Waals surface area (Å²) in [5.74, 6) is 0. The molecular formula is C9H8N. The number of fused-ring (bicyclic) bond motifs is 1. The minimum absolute atomic E-state index is 0.840. The fourth-order valence-electron chi connectivity index (χ4n) is 1.17. The third-order valence-corrected chi connectivity index (χ3v) is 1.75. The van der Waals surface area contributed by atoms with E-state index in [1.807, 2.05) is 18.3 Å². The fourth-order valence-corrected chi connectivity index (χ4v) is 1.17. The predicted molar refractivity (Wildman–Crippen MR) is 41.2 cm³/mol. The predicted octanol–water partition coefficient (Wildman–Crippen LogP) is 1.61. The van der Waals surface area contributed by atoms with Crippen LogP contribution in [0.5, 0.6) is 0 Å². The van der Waals surface area contributed by atoms with Crippen molar-refractivity contribution in [3.05, 3.63) is 35.4 Å². The van der Waals surface area contributed by atoms with Crippen LogP contribution in [0.25, 0.3) is 0 Å². The summed E-state index contributed by atoms with van der Waals surface area (Å²) < 4.78 is 0. The highest BCUT2D eigenvalue weighted by atomic mass is 14.7. The van der Waals surface area contributed by atoms with Gasteiger partial charge in [0.05, 0.1) is 6.54 Å². The van der Waals surface area contributed by atoms with Crippen LogP contribution in [0.15, 0.2) is 23.2 Å². The zero-order chi connectivity index (χ0) is 6.81. The third-order valence-electron chi connectivity index (χ3n) is 1.75. The zero-order valence-corrected chi connectivity index (χ0v) is 5.67. The van der Waals surface area contributed by atoms with Gasteiger partial charge in [-0.3, -0.25) is 4.99 Å². The van der Waals surface area contributed by atoms with E-state index in [4.69, 9.17) is 0 Å². The molecule has 0 unspecified atom stereocenters. The molecule has 0 saturated heterocycles. The quantitative estimate of drug-likeness (QED) is 0.506. The van der Waals surface area contributed by atoms with E-state index < -0.39 is 0 Å². The molecule has 0 N–H and O–H groups in total. The molecule has 0 fully saturated rings. The molecule has 1 aromatic carbocycles. The molecule has 0 bridgehead atoms. The molecule has 0 aliphatic carbocycles. The normalized spacial score (nSPS) is 14.8. The molecule has 0 saturated carbocycles. The highest BCUT2D eigenvalue weighted by molar-refractivity contribution is 5.64. The largest absolute Gasteiger partial charge is 0.292 e. The van der Waals surface area contributed by atoms with Crippen molar-refractivity contribution in [2.45, 2.75) is 13.0 Å². The van der Waals surface area contributed by atoms with Crippen molar-refractivity contribution in [3.8, 4) is 0 Å². The summed E-state index contributed by atoms with van der Waals surface area (Å²) in [6.07, 6.45) is 2.96. The summed E-state index contributed by atoms with van der Waals surface area (Å²) in [4.78, 5) is 4.17. The van der Waals surface area contributed by atoms with Crippen LogP contribution in [0.3, 0.4) is 0 Å². The van der Waals surface area contributed by atoms with Gasteiger partial charge < -0.3 is 0 Å². The van der Waals surface area contributed by atoms with Crippen molar-refractivity contribution in [2.24, 2.45) is 4.99 Å². The van der Waals surface area contributed by atoms with Gasteiger partial charge >= 0.3 is 0 Å². The lowest BCUT2D eigenvalue weighted by atomic mass is 10.0. The van der Waals surface area contributed by atoms with Gasteiger partial charge in [-0.25, -0.2) is 0 Å². The maximum Gasteiger partial charge on any atom is 0.0638 e. The van der Waals surface area contributed by atoms with Gasteiger partial charge in [-0.15, -0.1) is 0 Å². The molecule has 1 radical (unpaired) electrons. The Morgan fingerprint density at radius 3 is 3.30 bits per heavy atom. The Balaban J connectivity index is 2.47. The molecule has 0 amide bonds. The third kappa shape index (κ3) is 0.838. The van der Waals surface area contributed by atoms with Crippen molar-refractivity contribution in [1.29, 1.82) is 0 Å². The van der Waals surface area contributed by atoms with Crippen molar-refractivity contribution >= 4 is 6.21 Å². The smallest absolute Gasteiger partial charge is 0.0638 e. The van der Waals surface area contributed by atoms with Gasteiger partial charge in [-0.05, 0) is 23.3 Å². The van der Waals surface area contributed by atoms with Gasteiger partial charge in [0.15, 0.2) is 0 Å². The first-order chi connectivity index (χ1) is 4.97. The molecule has 1 aliphatic heterocycles. The number of aliphatic imine (C=N–C) groups is 1. The SMILES string of the molecule is [c]1ccc2c(c1)CN=CC2. The van der Waals surface area contributed by atoms with E-state index in [2.05, 4.69) is 17.1 Å². The average molecular weight is 130 g/mol. The maximum atomic E-state index is 4.17. The van der Waals surface area contributed by atoms with Gasteiger partial charge in [-0.2, -0.15) is 0 Å². The van der Waals surface area contributed by atoms with Crippen LogP contribution in [0.2, 0.25) is 0 Å². The molecule has 1 heterocycles. The van der Waals surface area contributed by atoms with E-state index in [1.54, 1.807) is 0 Å². The number of hydrogen-bond donors (Lipinski definition) is 0. The minimum atomic E-state index is 0.840. The molecule has 0 aromatic heterocycles. The Labute approximate surface area is 60.4 Å². The fraction of sp³-hybridized carbons (Fsp3) is 0.222. The molecule has 2 rings (SSSR count). The minimum Gasteiger partial charge on any atom is -0.292 e. The highest BCUT2D eigenvalue weighted by Crippen LogP contribution is 2.12. The summed E-state index contributed by atoms with van der Waals surface area (Å²) >= 11 is 0. The van der Waals surface area contributed by atoms with Crippen LogP contribution in [0, 0.1) is 6.07 Å². The maximum absolute atomic E-state index is 4.17. The highest BCUT2D eigenvalue weighted by Gasteiger charge is 2.01. The van der Waals surface area contributed by atoms with E-state index in [1.165, 1.54) is 11.1 Å². The Kier molecular flexibility index (Phi) is 1.28. The van der Waals surface area contributed by atoms with Gasteiger partial charge in [0, 0.05) is 12.6 Å². The molecular weight excluding hydrogens is 122 g/mol. The molecule has 0 spiro atoms. The van der Waals surface area contributed by atoms with Crippen molar-refractivity contribution in [3.63, 3.8) is 0 Å². The summed E-state index contributed by atoms with van der Waals surface area (Å²) in [7, 11) is 0. The molecule has 1 aromatic rings. The number of rotatable bonds is 0. The van der Waals surface area contributed by atoms with Gasteiger partial charge in [0.1, 0.15) is 0 Å². The van der Waals surface area contributed by atoms with Crippen LogP contribution < -0.4 is 0 Å².